The fraction of sp³-hybridized carbons (Fsp3) is 0.174. The average molecular weight is 484 g/mol. The number of para-hydroxylation sites is 2. The van der Waals surface area contributed by atoms with E-state index < -0.39 is 20.9 Å². The number of hydrogen-bond acceptors (Lipinski definition) is 7. The molecule has 1 aliphatic rings. The van der Waals surface area contributed by atoms with Crippen LogP contribution in [-0.4, -0.2) is 38.5 Å². The quantitative estimate of drug-likeness (QED) is 0.402. The van der Waals surface area contributed by atoms with Gasteiger partial charge in [0.15, 0.2) is 6.61 Å². The molecule has 10 nitrogen and oxygen atoms in total. The van der Waals surface area contributed by atoms with E-state index in [2.05, 4.69) is 5.32 Å². The molecule has 0 saturated carbocycles. The molecule has 0 unspecified atom stereocenters. The van der Waals surface area contributed by atoms with Crippen molar-refractivity contribution in [3.63, 3.8) is 0 Å². The summed E-state index contributed by atoms with van der Waals surface area (Å²) in [4.78, 5) is 22.5. The molecule has 4 rings (SSSR count). The number of rotatable bonds is 7. The highest BCUT2D eigenvalue weighted by molar-refractivity contribution is 7.92. The van der Waals surface area contributed by atoms with Crippen molar-refractivity contribution in [2.75, 3.05) is 22.8 Å². The van der Waals surface area contributed by atoms with Crippen molar-refractivity contribution in [2.24, 2.45) is 0 Å². The minimum Gasteiger partial charge on any atom is -0.487 e. The minimum absolute atomic E-state index is 0.0715. The van der Waals surface area contributed by atoms with Crippen molar-refractivity contribution in [2.45, 2.75) is 17.9 Å². The van der Waals surface area contributed by atoms with Crippen molar-refractivity contribution in [1.29, 1.82) is 0 Å². The lowest BCUT2D eigenvalue weighted by atomic mass is 10.2. The van der Waals surface area contributed by atoms with Crippen LogP contribution in [0.4, 0.5) is 17.1 Å². The van der Waals surface area contributed by atoms with Gasteiger partial charge < -0.3 is 14.8 Å². The number of non-ortho nitro benzene ring substituents is 1. The molecule has 3 aromatic rings. The molecule has 11 heteroatoms. The molecule has 1 N–H and O–H groups in total. The first-order valence-corrected chi connectivity index (χ1v) is 11.7. The molecule has 1 aliphatic heterocycles. The zero-order valence-corrected chi connectivity index (χ0v) is 18.9. The lowest BCUT2D eigenvalue weighted by molar-refractivity contribution is -0.384. The average Bonchev–Trinajstić information content (AvgIpc) is 2.82. The maximum atomic E-state index is 13.3. The summed E-state index contributed by atoms with van der Waals surface area (Å²) in [6, 6.07) is 18.2. The molecule has 34 heavy (non-hydrogen) atoms. The standard InChI is InChI=1S/C23H21N3O7S/c1-16-14-25(21-7-2-3-8-22(21)33-16)34(30,31)20-11-9-17(10-12-20)24-23(27)15-32-19-6-4-5-18(13-19)26(28)29/h2-13,16H,14-15H2,1H3,(H,24,27)/t16-/m0/s1. The number of fused-ring (bicyclic) bond motifs is 1. The number of amides is 1. The number of nitrogens with zero attached hydrogens (tertiary/aromatic N) is 2. The molecule has 1 amide bonds. The van der Waals surface area contributed by atoms with Crippen LogP contribution >= 0.6 is 0 Å². The molecule has 176 valence electrons. The van der Waals surface area contributed by atoms with Gasteiger partial charge in [-0.05, 0) is 49.4 Å². The van der Waals surface area contributed by atoms with E-state index in [0.29, 0.717) is 17.1 Å². The normalized spacial score (nSPS) is 15.1. The van der Waals surface area contributed by atoms with Crippen molar-refractivity contribution < 1.29 is 27.6 Å². The second-order valence-electron chi connectivity index (χ2n) is 7.55. The Hall–Kier alpha value is -4.12. The first kappa shape index (κ1) is 23.1. The van der Waals surface area contributed by atoms with Crippen LogP contribution in [0.1, 0.15) is 6.92 Å². The summed E-state index contributed by atoms with van der Waals surface area (Å²) in [5.41, 5.74) is 0.700. The van der Waals surface area contributed by atoms with Crippen LogP contribution in [0.25, 0.3) is 0 Å². The Labute approximate surface area is 195 Å². The Bertz CT molecular complexity index is 1330. The van der Waals surface area contributed by atoms with Crippen molar-refractivity contribution in [1.82, 2.24) is 0 Å². The van der Waals surface area contributed by atoms with Crippen molar-refractivity contribution in [3.05, 3.63) is 82.9 Å². The molecule has 1 heterocycles. The highest BCUT2D eigenvalue weighted by Gasteiger charge is 2.32. The Morgan fingerprint density at radius 2 is 1.88 bits per heavy atom. The van der Waals surface area contributed by atoms with Gasteiger partial charge >= 0.3 is 0 Å². The minimum atomic E-state index is -3.85. The van der Waals surface area contributed by atoms with Gasteiger partial charge in [-0.15, -0.1) is 0 Å². The van der Waals surface area contributed by atoms with E-state index >= 15 is 0 Å². The van der Waals surface area contributed by atoms with Crippen molar-refractivity contribution >= 4 is 33.0 Å². The zero-order chi connectivity index (χ0) is 24.3. The second-order valence-corrected chi connectivity index (χ2v) is 9.41. The maximum absolute atomic E-state index is 13.3. The molecule has 3 aromatic carbocycles. The summed E-state index contributed by atoms with van der Waals surface area (Å²) >= 11 is 0. The number of benzene rings is 3. The maximum Gasteiger partial charge on any atom is 0.273 e. The lowest BCUT2D eigenvalue weighted by Crippen LogP contribution is -2.42. The molecular formula is C23H21N3O7S. The molecule has 0 saturated heterocycles. The van der Waals surface area contributed by atoms with Gasteiger partial charge in [0.1, 0.15) is 17.6 Å². The number of anilines is 2. The molecule has 0 fully saturated rings. The monoisotopic (exact) mass is 483 g/mol. The zero-order valence-electron chi connectivity index (χ0n) is 18.1. The second kappa shape index (κ2) is 9.40. The summed E-state index contributed by atoms with van der Waals surface area (Å²) in [5.74, 6) is 0.182. The smallest absolute Gasteiger partial charge is 0.273 e. The van der Waals surface area contributed by atoms with Crippen LogP contribution in [0.3, 0.4) is 0 Å². The SMILES string of the molecule is C[C@H]1CN(S(=O)(=O)c2ccc(NC(=O)COc3cccc([N+](=O)[O-])c3)cc2)c2ccccc2O1. The third kappa shape index (κ3) is 4.94. The van der Waals surface area contributed by atoms with Gasteiger partial charge in [-0.2, -0.15) is 0 Å². The predicted octanol–water partition coefficient (Wildman–Crippen LogP) is 3.59. The first-order chi connectivity index (χ1) is 16.2. The van der Waals surface area contributed by atoms with Crippen LogP contribution in [0, 0.1) is 10.1 Å². The van der Waals surface area contributed by atoms with Gasteiger partial charge in [0.25, 0.3) is 21.6 Å². The number of hydrogen-bond donors (Lipinski definition) is 1. The molecule has 1 atom stereocenters. The molecular weight excluding hydrogens is 462 g/mol. The Kier molecular flexibility index (Phi) is 6.37. The highest BCUT2D eigenvalue weighted by atomic mass is 32.2. The molecule has 0 bridgehead atoms. The van der Waals surface area contributed by atoms with Crippen LogP contribution in [-0.2, 0) is 14.8 Å². The highest BCUT2D eigenvalue weighted by Crippen LogP contribution is 2.36. The lowest BCUT2D eigenvalue weighted by Gasteiger charge is -2.34. The largest absolute Gasteiger partial charge is 0.487 e. The number of nitrogens with one attached hydrogen (secondary N) is 1. The van der Waals surface area contributed by atoms with Gasteiger partial charge in [0, 0.05) is 11.8 Å². The topological polar surface area (TPSA) is 128 Å². The van der Waals surface area contributed by atoms with E-state index in [-0.39, 0.29) is 35.6 Å². The first-order valence-electron chi connectivity index (χ1n) is 10.3. The van der Waals surface area contributed by atoms with Gasteiger partial charge in [0.05, 0.1) is 28.1 Å². The Balaban J connectivity index is 1.42. The molecule has 0 radical (unpaired) electrons. The van der Waals surface area contributed by atoms with E-state index in [1.165, 1.54) is 52.8 Å². The number of carbonyl (C=O) groups is 1. The van der Waals surface area contributed by atoms with Crippen LogP contribution < -0.4 is 19.1 Å². The Morgan fingerprint density at radius 1 is 1.15 bits per heavy atom. The molecule has 0 spiro atoms. The van der Waals surface area contributed by atoms with E-state index in [9.17, 15) is 23.3 Å². The fourth-order valence-corrected chi connectivity index (χ4v) is 5.00. The third-order valence-corrected chi connectivity index (χ3v) is 6.80. The molecule has 0 aliphatic carbocycles. The van der Waals surface area contributed by atoms with Gasteiger partial charge in [-0.1, -0.05) is 18.2 Å². The van der Waals surface area contributed by atoms with Crippen LogP contribution in [0.2, 0.25) is 0 Å². The number of nitro groups is 1. The van der Waals surface area contributed by atoms with E-state index in [1.807, 2.05) is 0 Å². The fourth-order valence-electron chi connectivity index (χ4n) is 3.45. The van der Waals surface area contributed by atoms with E-state index in [0.717, 1.165) is 0 Å². The summed E-state index contributed by atoms with van der Waals surface area (Å²) in [6.07, 6.45) is -0.311. The van der Waals surface area contributed by atoms with Gasteiger partial charge in [0.2, 0.25) is 0 Å². The third-order valence-electron chi connectivity index (χ3n) is 5.01. The van der Waals surface area contributed by atoms with E-state index in [1.54, 1.807) is 31.2 Å². The predicted molar refractivity (Wildman–Crippen MR) is 125 cm³/mol. The van der Waals surface area contributed by atoms with Crippen LogP contribution in [0.5, 0.6) is 11.5 Å². The number of carbonyl (C=O) groups excluding carboxylic acids is 1. The summed E-state index contributed by atoms with van der Waals surface area (Å²) in [6.45, 7) is 1.60. The van der Waals surface area contributed by atoms with Crippen LogP contribution in [0.15, 0.2) is 77.7 Å². The van der Waals surface area contributed by atoms with E-state index in [4.69, 9.17) is 9.47 Å². The van der Waals surface area contributed by atoms with Gasteiger partial charge in [-0.3, -0.25) is 19.2 Å². The Morgan fingerprint density at radius 3 is 2.62 bits per heavy atom. The number of sulfonamides is 1. The summed E-state index contributed by atoms with van der Waals surface area (Å²) < 4.78 is 38.9. The number of nitro benzene ring substituents is 1. The summed E-state index contributed by atoms with van der Waals surface area (Å²) in [5, 5.41) is 13.4. The van der Waals surface area contributed by atoms with Gasteiger partial charge in [-0.25, -0.2) is 8.42 Å². The number of ether oxygens (including phenoxy) is 2. The summed E-state index contributed by atoms with van der Waals surface area (Å²) in [7, 11) is -3.85. The van der Waals surface area contributed by atoms with Crippen molar-refractivity contribution in [3.8, 4) is 11.5 Å². The molecule has 0 aromatic heterocycles.